The average molecular weight is 400 g/mol. The van der Waals surface area contributed by atoms with Gasteiger partial charge in [0.15, 0.2) is 5.82 Å². The molecule has 1 aromatic heterocycles. The molecule has 1 saturated carbocycles. The maximum absolute atomic E-state index is 13.7. The maximum Gasteiger partial charge on any atom is 0.230 e. The molecule has 0 spiro atoms. The van der Waals surface area contributed by atoms with Crippen molar-refractivity contribution in [1.29, 1.82) is 10.5 Å². The number of nitrogens with one attached hydrogen (secondary N) is 1. The quantitative estimate of drug-likeness (QED) is 0.684. The molecule has 4 rings (SSSR count). The minimum Gasteiger partial charge on any atom is -0.308 e. The fourth-order valence-electron chi connectivity index (χ4n) is 3.25. The third-order valence-electron chi connectivity index (χ3n) is 5.12. The van der Waals surface area contributed by atoms with E-state index in [1.165, 1.54) is 23.1 Å². The zero-order valence-corrected chi connectivity index (χ0v) is 16.0. The monoisotopic (exact) mass is 400 g/mol. The van der Waals surface area contributed by atoms with Crippen LogP contribution >= 0.6 is 0 Å². The van der Waals surface area contributed by atoms with E-state index in [-0.39, 0.29) is 29.9 Å². The van der Waals surface area contributed by atoms with Crippen LogP contribution in [0.1, 0.15) is 35.1 Å². The summed E-state index contributed by atoms with van der Waals surface area (Å²) in [6.45, 7) is 0.209. The Hall–Kier alpha value is -4.04. The molecule has 1 amide bonds. The first-order chi connectivity index (χ1) is 14.5. The van der Waals surface area contributed by atoms with Gasteiger partial charge in [-0.3, -0.25) is 4.79 Å². The first-order valence-corrected chi connectivity index (χ1v) is 9.40. The summed E-state index contributed by atoms with van der Waals surface area (Å²) in [4.78, 5) is 13.6. The molecule has 8 heteroatoms. The van der Waals surface area contributed by atoms with Crippen molar-refractivity contribution in [1.82, 2.24) is 15.0 Å². The standard InChI is InChI=1S/C22H17FN6O/c23-19-9-16(1-4-17(19)11-24)13-29-26-12-20(28-29)27-21(30)10-15-2-5-18(6-3-15)22(14-25)7-8-22/h1-6,9,12H,7-8,10,13H2,(H,27,28,30). The summed E-state index contributed by atoms with van der Waals surface area (Å²) < 4.78 is 13.7. The van der Waals surface area contributed by atoms with Gasteiger partial charge >= 0.3 is 0 Å². The number of carbonyl (C=O) groups is 1. The molecular weight excluding hydrogens is 383 g/mol. The Morgan fingerprint density at radius 2 is 1.90 bits per heavy atom. The molecule has 30 heavy (non-hydrogen) atoms. The number of hydrogen-bond acceptors (Lipinski definition) is 5. The van der Waals surface area contributed by atoms with Gasteiger partial charge in [0.25, 0.3) is 0 Å². The minimum atomic E-state index is -0.593. The molecule has 0 atom stereocenters. The van der Waals surface area contributed by atoms with E-state index in [1.54, 1.807) is 12.1 Å². The van der Waals surface area contributed by atoms with Crippen LogP contribution in [0.3, 0.4) is 0 Å². The van der Waals surface area contributed by atoms with E-state index in [9.17, 15) is 14.4 Å². The predicted octanol–water partition coefficient (Wildman–Crippen LogP) is 3.07. The fourth-order valence-corrected chi connectivity index (χ4v) is 3.25. The molecule has 148 valence electrons. The van der Waals surface area contributed by atoms with Gasteiger partial charge in [-0.05, 0) is 41.7 Å². The Bertz CT molecular complexity index is 1180. The van der Waals surface area contributed by atoms with Crippen molar-refractivity contribution in [2.45, 2.75) is 31.2 Å². The lowest BCUT2D eigenvalue weighted by Gasteiger charge is -2.07. The second kappa shape index (κ2) is 7.76. The lowest BCUT2D eigenvalue weighted by Crippen LogP contribution is -2.15. The van der Waals surface area contributed by atoms with Gasteiger partial charge in [-0.2, -0.15) is 20.4 Å². The van der Waals surface area contributed by atoms with E-state index in [1.807, 2.05) is 24.3 Å². The first-order valence-electron chi connectivity index (χ1n) is 9.40. The maximum atomic E-state index is 13.7. The minimum absolute atomic E-state index is 0.0203. The smallest absolute Gasteiger partial charge is 0.230 e. The highest BCUT2D eigenvalue weighted by Gasteiger charge is 2.44. The van der Waals surface area contributed by atoms with E-state index in [0.29, 0.717) is 11.4 Å². The number of nitriles is 2. The highest BCUT2D eigenvalue weighted by molar-refractivity contribution is 5.91. The van der Waals surface area contributed by atoms with Crippen LogP contribution in [0.4, 0.5) is 10.2 Å². The molecule has 3 aromatic rings. The summed E-state index contributed by atoms with van der Waals surface area (Å²) >= 11 is 0. The normalized spacial score (nSPS) is 13.8. The molecule has 0 unspecified atom stereocenters. The van der Waals surface area contributed by atoms with Crippen molar-refractivity contribution in [3.05, 3.63) is 76.7 Å². The van der Waals surface area contributed by atoms with Crippen LogP contribution in [0, 0.1) is 28.5 Å². The van der Waals surface area contributed by atoms with Crippen LogP contribution in [0.2, 0.25) is 0 Å². The SMILES string of the molecule is N#Cc1ccc(Cn2ncc(NC(=O)Cc3ccc(C4(C#N)CC4)cc3)n2)cc1F. The zero-order valence-electron chi connectivity index (χ0n) is 16.0. The first kappa shape index (κ1) is 19.3. The number of rotatable bonds is 6. The molecule has 1 N–H and O–H groups in total. The third-order valence-corrected chi connectivity index (χ3v) is 5.12. The Balaban J connectivity index is 1.34. The van der Waals surface area contributed by atoms with E-state index in [2.05, 4.69) is 21.6 Å². The molecule has 1 heterocycles. The molecule has 1 fully saturated rings. The van der Waals surface area contributed by atoms with Gasteiger partial charge in [0.1, 0.15) is 11.9 Å². The van der Waals surface area contributed by atoms with Crippen molar-refractivity contribution >= 4 is 11.7 Å². The third kappa shape index (κ3) is 4.03. The van der Waals surface area contributed by atoms with Crippen LogP contribution in [0.15, 0.2) is 48.7 Å². The van der Waals surface area contributed by atoms with Crippen molar-refractivity contribution in [3.8, 4) is 12.1 Å². The van der Waals surface area contributed by atoms with E-state index >= 15 is 0 Å². The lowest BCUT2D eigenvalue weighted by atomic mass is 9.96. The van der Waals surface area contributed by atoms with Crippen molar-refractivity contribution in [3.63, 3.8) is 0 Å². The van der Waals surface area contributed by atoms with Crippen LogP contribution in [0.25, 0.3) is 0 Å². The van der Waals surface area contributed by atoms with Gasteiger partial charge in [-0.25, -0.2) is 4.39 Å². The highest BCUT2D eigenvalue weighted by Crippen LogP contribution is 2.47. The summed E-state index contributed by atoms with van der Waals surface area (Å²) in [7, 11) is 0. The fraction of sp³-hybridized carbons (Fsp3) is 0.227. The van der Waals surface area contributed by atoms with E-state index in [0.717, 1.165) is 24.0 Å². The molecule has 1 aliphatic carbocycles. The Labute approximate surface area is 172 Å². The van der Waals surface area contributed by atoms with Gasteiger partial charge in [0, 0.05) is 0 Å². The van der Waals surface area contributed by atoms with Gasteiger partial charge < -0.3 is 5.32 Å². The van der Waals surface area contributed by atoms with Crippen LogP contribution in [-0.2, 0) is 23.2 Å². The summed E-state index contributed by atoms with van der Waals surface area (Å²) in [5, 5.41) is 29.0. The zero-order chi connectivity index (χ0) is 21.1. The largest absolute Gasteiger partial charge is 0.308 e. The van der Waals surface area contributed by atoms with Crippen LogP contribution in [0.5, 0.6) is 0 Å². The summed E-state index contributed by atoms with van der Waals surface area (Å²) in [6, 6.07) is 16.0. The number of hydrogen-bond donors (Lipinski definition) is 1. The second-order valence-corrected chi connectivity index (χ2v) is 7.30. The van der Waals surface area contributed by atoms with E-state index < -0.39 is 5.82 Å². The van der Waals surface area contributed by atoms with Crippen LogP contribution < -0.4 is 5.32 Å². The number of halogens is 1. The average Bonchev–Trinajstić information content (AvgIpc) is 3.43. The number of amides is 1. The Morgan fingerprint density at radius 3 is 2.53 bits per heavy atom. The second-order valence-electron chi connectivity index (χ2n) is 7.30. The number of anilines is 1. The molecule has 0 saturated heterocycles. The van der Waals surface area contributed by atoms with Crippen LogP contribution in [-0.4, -0.2) is 20.9 Å². The Morgan fingerprint density at radius 1 is 1.17 bits per heavy atom. The number of aromatic nitrogens is 3. The van der Waals surface area contributed by atoms with Gasteiger partial charge in [-0.15, -0.1) is 5.10 Å². The molecular formula is C22H17FN6O. The molecule has 0 radical (unpaired) electrons. The van der Waals surface area contributed by atoms with Crippen molar-refractivity contribution < 1.29 is 9.18 Å². The molecule has 2 aromatic carbocycles. The lowest BCUT2D eigenvalue weighted by molar-refractivity contribution is -0.115. The van der Waals surface area contributed by atoms with Gasteiger partial charge in [0.05, 0.1) is 36.2 Å². The Kier molecular flexibility index (Phi) is 4.99. The molecule has 0 aliphatic heterocycles. The molecule has 1 aliphatic rings. The van der Waals surface area contributed by atoms with Crippen molar-refractivity contribution in [2.24, 2.45) is 0 Å². The molecule has 7 nitrogen and oxygen atoms in total. The molecule has 0 bridgehead atoms. The number of carbonyl (C=O) groups excluding carboxylic acids is 1. The highest BCUT2D eigenvalue weighted by atomic mass is 19.1. The topological polar surface area (TPSA) is 107 Å². The predicted molar refractivity (Wildman–Crippen MR) is 106 cm³/mol. The summed E-state index contributed by atoms with van der Waals surface area (Å²) in [5.41, 5.74) is 2.08. The van der Waals surface area contributed by atoms with Gasteiger partial charge in [-0.1, -0.05) is 30.3 Å². The summed E-state index contributed by atoms with van der Waals surface area (Å²) in [5.74, 6) is -0.531. The summed E-state index contributed by atoms with van der Waals surface area (Å²) in [6.07, 6.45) is 3.36. The number of nitrogens with zero attached hydrogens (tertiary/aromatic N) is 5. The van der Waals surface area contributed by atoms with E-state index in [4.69, 9.17) is 5.26 Å². The number of benzene rings is 2. The van der Waals surface area contributed by atoms with Crippen molar-refractivity contribution in [2.75, 3.05) is 5.32 Å². The van der Waals surface area contributed by atoms with Gasteiger partial charge in [0.2, 0.25) is 5.91 Å².